The highest BCUT2D eigenvalue weighted by molar-refractivity contribution is 7.19. The molecule has 0 unspecified atom stereocenters. The molecule has 5 rings (SSSR count). The van der Waals surface area contributed by atoms with Crippen molar-refractivity contribution in [2.24, 2.45) is 0 Å². The number of pyridine rings is 2. The van der Waals surface area contributed by atoms with Crippen LogP contribution in [-0.4, -0.2) is 33.9 Å². The van der Waals surface area contributed by atoms with Gasteiger partial charge in [0.25, 0.3) is 0 Å². The van der Waals surface area contributed by atoms with Gasteiger partial charge in [0.1, 0.15) is 16.6 Å². The number of fused-ring (bicyclic) bond motifs is 2. The van der Waals surface area contributed by atoms with Crippen LogP contribution in [0, 0.1) is 30.1 Å². The molecule has 1 aromatic carbocycles. The van der Waals surface area contributed by atoms with Crippen molar-refractivity contribution in [3.8, 4) is 17.9 Å². The third-order valence-corrected chi connectivity index (χ3v) is 6.54. The Morgan fingerprint density at radius 2 is 1.97 bits per heavy atom. The van der Waals surface area contributed by atoms with E-state index in [2.05, 4.69) is 56.1 Å². The van der Waals surface area contributed by atoms with Crippen molar-refractivity contribution in [2.45, 2.75) is 13.5 Å². The number of nitrogens with zero attached hydrogens (tertiary/aromatic N) is 4. The first-order chi connectivity index (χ1) is 16.5. The number of aryl methyl sites for hydroxylation is 1. The number of thiophene rings is 1. The molecule has 0 aliphatic carbocycles. The van der Waals surface area contributed by atoms with Crippen LogP contribution in [0.1, 0.15) is 27.3 Å². The number of anilines is 2. The van der Waals surface area contributed by atoms with Gasteiger partial charge in [0, 0.05) is 47.1 Å². The summed E-state index contributed by atoms with van der Waals surface area (Å²) >= 11 is 1.51. The standard InChI is InChI=1S/C27H22N6S/c1-17-22-9-11-30-25(22)7-6-24(17)32-26-19(14-28)15-31-27-23(26)13-21(34-27)5-4-20-12-18(8-10-29-20)16-33(2)3/h6-13,15,30H,16H2,1-3H3,(H,31,32). The number of H-pyrrole nitrogens is 1. The Labute approximate surface area is 201 Å². The Bertz CT molecular complexity index is 1620. The smallest absolute Gasteiger partial charge is 0.126 e. The van der Waals surface area contributed by atoms with Crippen molar-refractivity contribution in [3.63, 3.8) is 0 Å². The largest absolute Gasteiger partial charge is 0.361 e. The lowest BCUT2D eigenvalue weighted by molar-refractivity contribution is 0.402. The zero-order chi connectivity index (χ0) is 23.7. The molecule has 0 atom stereocenters. The normalized spacial score (nSPS) is 10.9. The molecule has 0 saturated carbocycles. The third kappa shape index (κ3) is 4.23. The second kappa shape index (κ2) is 8.99. The summed E-state index contributed by atoms with van der Waals surface area (Å²) < 4.78 is 0. The second-order valence-corrected chi connectivity index (χ2v) is 9.36. The summed E-state index contributed by atoms with van der Waals surface area (Å²) in [6.45, 7) is 2.91. The molecule has 0 bridgehead atoms. The lowest BCUT2D eigenvalue weighted by Gasteiger charge is -2.12. The van der Waals surface area contributed by atoms with Crippen LogP contribution in [-0.2, 0) is 6.54 Å². The molecule has 166 valence electrons. The minimum absolute atomic E-state index is 0.497. The summed E-state index contributed by atoms with van der Waals surface area (Å²) in [5.74, 6) is 6.40. The van der Waals surface area contributed by atoms with Crippen molar-refractivity contribution in [3.05, 3.63) is 82.3 Å². The summed E-state index contributed by atoms with van der Waals surface area (Å²) in [7, 11) is 4.07. The number of rotatable bonds is 4. The van der Waals surface area contributed by atoms with Gasteiger partial charge >= 0.3 is 0 Å². The first-order valence-electron chi connectivity index (χ1n) is 10.8. The first kappa shape index (κ1) is 21.7. The molecule has 6 nitrogen and oxygen atoms in total. The summed E-state index contributed by atoms with van der Waals surface area (Å²) in [6.07, 6.45) is 5.34. The van der Waals surface area contributed by atoms with Gasteiger partial charge in [-0.3, -0.25) is 0 Å². The van der Waals surface area contributed by atoms with E-state index in [0.717, 1.165) is 55.2 Å². The SMILES string of the molecule is Cc1c(Nc2c(C#N)cnc3sc(C#Cc4cc(CN(C)C)ccn4)cc23)ccc2[nH]ccc12. The summed E-state index contributed by atoms with van der Waals surface area (Å²) in [4.78, 5) is 15.9. The van der Waals surface area contributed by atoms with Crippen molar-refractivity contribution in [1.82, 2.24) is 19.9 Å². The molecule has 5 aromatic rings. The number of aromatic amines is 1. The van der Waals surface area contributed by atoms with Gasteiger partial charge in [0.15, 0.2) is 0 Å². The highest BCUT2D eigenvalue weighted by Gasteiger charge is 2.14. The summed E-state index contributed by atoms with van der Waals surface area (Å²) in [5.41, 5.74) is 6.30. The fraction of sp³-hybridized carbons (Fsp3) is 0.148. The fourth-order valence-electron chi connectivity index (χ4n) is 3.96. The van der Waals surface area contributed by atoms with E-state index in [1.54, 1.807) is 12.4 Å². The lowest BCUT2D eigenvalue weighted by atomic mass is 10.1. The van der Waals surface area contributed by atoms with E-state index in [9.17, 15) is 5.26 Å². The Kier molecular flexibility index (Phi) is 5.73. The van der Waals surface area contributed by atoms with Crippen LogP contribution in [0.15, 0.2) is 55.0 Å². The van der Waals surface area contributed by atoms with Gasteiger partial charge in [0.2, 0.25) is 0 Å². The van der Waals surface area contributed by atoms with Crippen molar-refractivity contribution in [1.29, 1.82) is 5.26 Å². The molecule has 0 aliphatic heterocycles. The number of aromatic nitrogens is 3. The van der Waals surface area contributed by atoms with Gasteiger partial charge in [-0.1, -0.05) is 0 Å². The van der Waals surface area contributed by atoms with Gasteiger partial charge in [0.05, 0.1) is 16.1 Å². The minimum atomic E-state index is 0.497. The molecule has 0 fully saturated rings. The van der Waals surface area contributed by atoms with E-state index in [4.69, 9.17) is 0 Å². The maximum Gasteiger partial charge on any atom is 0.126 e. The monoisotopic (exact) mass is 462 g/mol. The Hall–Kier alpha value is -4.17. The predicted molar refractivity (Wildman–Crippen MR) is 138 cm³/mol. The second-order valence-electron chi connectivity index (χ2n) is 8.33. The maximum absolute atomic E-state index is 9.74. The van der Waals surface area contributed by atoms with Crippen molar-refractivity contribution in [2.75, 3.05) is 19.4 Å². The summed E-state index contributed by atoms with van der Waals surface area (Å²) in [5, 5.41) is 15.3. The number of hydrogen-bond donors (Lipinski definition) is 2. The molecule has 0 radical (unpaired) electrons. The van der Waals surface area contributed by atoms with E-state index in [0.29, 0.717) is 5.56 Å². The molecule has 7 heteroatoms. The molecule has 0 aliphatic rings. The van der Waals surface area contributed by atoms with Crippen molar-refractivity contribution < 1.29 is 0 Å². The minimum Gasteiger partial charge on any atom is -0.361 e. The Morgan fingerprint density at radius 3 is 2.79 bits per heavy atom. The molecular weight excluding hydrogens is 440 g/mol. The number of benzene rings is 1. The van der Waals surface area contributed by atoms with Crippen LogP contribution >= 0.6 is 11.3 Å². The zero-order valence-corrected chi connectivity index (χ0v) is 19.9. The highest BCUT2D eigenvalue weighted by Crippen LogP contribution is 2.35. The van der Waals surface area contributed by atoms with Gasteiger partial charge in [-0.15, -0.1) is 11.3 Å². The number of nitrogens with one attached hydrogen (secondary N) is 2. The van der Waals surface area contributed by atoms with E-state index < -0.39 is 0 Å². The van der Waals surface area contributed by atoms with E-state index >= 15 is 0 Å². The lowest BCUT2D eigenvalue weighted by Crippen LogP contribution is -2.10. The first-order valence-corrected chi connectivity index (χ1v) is 11.6. The Balaban J connectivity index is 1.52. The van der Waals surface area contributed by atoms with Crippen LogP contribution in [0.2, 0.25) is 0 Å². The number of nitriles is 1. The zero-order valence-electron chi connectivity index (χ0n) is 19.1. The molecule has 34 heavy (non-hydrogen) atoms. The van der Waals surface area contributed by atoms with Gasteiger partial charge in [-0.2, -0.15) is 5.26 Å². The average Bonchev–Trinajstić information content (AvgIpc) is 3.47. The third-order valence-electron chi connectivity index (χ3n) is 5.58. The van der Waals surface area contributed by atoms with Crippen LogP contribution in [0.5, 0.6) is 0 Å². The van der Waals surface area contributed by atoms with E-state index in [1.165, 1.54) is 16.9 Å². The van der Waals surface area contributed by atoms with Crippen LogP contribution < -0.4 is 5.32 Å². The Morgan fingerprint density at radius 1 is 1.09 bits per heavy atom. The topological polar surface area (TPSA) is 80.6 Å². The van der Waals surface area contributed by atoms with Crippen molar-refractivity contribution >= 4 is 43.8 Å². The van der Waals surface area contributed by atoms with E-state index in [1.807, 2.05) is 50.6 Å². The van der Waals surface area contributed by atoms with Gasteiger partial charge in [-0.05, 0) is 80.4 Å². The molecule has 0 spiro atoms. The molecule has 4 aromatic heterocycles. The highest BCUT2D eigenvalue weighted by atomic mass is 32.1. The molecule has 4 heterocycles. The van der Waals surface area contributed by atoms with Crippen LogP contribution in [0.4, 0.5) is 11.4 Å². The molecular formula is C27H22N6S. The fourth-order valence-corrected chi connectivity index (χ4v) is 4.82. The van der Waals surface area contributed by atoms with Gasteiger partial charge in [-0.25, -0.2) is 9.97 Å². The number of hydrogen-bond acceptors (Lipinski definition) is 6. The predicted octanol–water partition coefficient (Wildman–Crippen LogP) is 5.56. The van der Waals surface area contributed by atoms with Crippen LogP contribution in [0.25, 0.3) is 21.1 Å². The molecule has 0 saturated heterocycles. The summed E-state index contributed by atoms with van der Waals surface area (Å²) in [6, 6.07) is 14.4. The van der Waals surface area contributed by atoms with Crippen LogP contribution in [0.3, 0.4) is 0 Å². The molecule has 2 N–H and O–H groups in total. The molecule has 0 amide bonds. The van der Waals surface area contributed by atoms with E-state index in [-0.39, 0.29) is 0 Å². The average molecular weight is 463 g/mol. The maximum atomic E-state index is 9.74. The van der Waals surface area contributed by atoms with Gasteiger partial charge < -0.3 is 15.2 Å². The quantitative estimate of drug-likeness (QED) is 0.342.